The first-order chi connectivity index (χ1) is 16.4. The van der Waals surface area contributed by atoms with Crippen LogP contribution in [0, 0.1) is 0 Å². The van der Waals surface area contributed by atoms with E-state index in [0.29, 0.717) is 0 Å². The van der Waals surface area contributed by atoms with Gasteiger partial charge in [-0.05, 0) is 39.7 Å². The van der Waals surface area contributed by atoms with Gasteiger partial charge in [0, 0.05) is 6.20 Å². The fourth-order valence-corrected chi connectivity index (χ4v) is 17.1. The van der Waals surface area contributed by atoms with Crippen molar-refractivity contribution < 1.29 is 27.9 Å². The van der Waals surface area contributed by atoms with Gasteiger partial charge in [0.2, 0.25) is 0 Å². The first kappa shape index (κ1) is 27.0. The van der Waals surface area contributed by atoms with E-state index in [1.54, 1.807) is 0 Å². The first-order valence-electron chi connectivity index (χ1n) is 13.0. The van der Waals surface area contributed by atoms with Crippen LogP contribution >= 0.6 is 0 Å². The van der Waals surface area contributed by atoms with Crippen LogP contribution in [-0.2, 0) is 17.7 Å². The Labute approximate surface area is 211 Å². The molecule has 3 heterocycles. The molecule has 1 aromatic carbocycles. The lowest BCUT2D eigenvalue weighted by Gasteiger charge is -2.54. The van der Waals surface area contributed by atoms with Gasteiger partial charge in [-0.3, -0.25) is 0 Å². The molecule has 0 bridgehead atoms. The van der Waals surface area contributed by atoms with Crippen molar-refractivity contribution in [3.63, 3.8) is 0 Å². The summed E-state index contributed by atoms with van der Waals surface area (Å²) in [7, 11) is -5.64. The number of aliphatic hydroxyl groups is 2. The van der Waals surface area contributed by atoms with Crippen LogP contribution in [0.3, 0.4) is 0 Å². The Morgan fingerprint density at radius 1 is 0.829 bits per heavy atom. The summed E-state index contributed by atoms with van der Waals surface area (Å²) in [6.07, 6.45) is -2.40. The van der Waals surface area contributed by atoms with E-state index in [1.807, 2.05) is 41.1 Å². The zero-order valence-corrected chi connectivity index (χ0v) is 24.3. The third-order valence-corrected chi connectivity index (χ3v) is 18.1. The van der Waals surface area contributed by atoms with Crippen LogP contribution in [0.1, 0.15) is 61.6 Å². The molecule has 2 aliphatic heterocycles. The topological polar surface area (TPSA) is 82.3 Å². The molecule has 196 valence electrons. The second-order valence-electron chi connectivity index (χ2n) is 11.4. The van der Waals surface area contributed by atoms with E-state index in [4.69, 9.17) is 17.7 Å². The van der Waals surface area contributed by atoms with Gasteiger partial charge < -0.3 is 32.5 Å². The number of rotatable bonds is 5. The van der Waals surface area contributed by atoms with Crippen molar-refractivity contribution in [2.45, 2.75) is 108 Å². The van der Waals surface area contributed by atoms with E-state index in [-0.39, 0.29) is 28.8 Å². The highest BCUT2D eigenvalue weighted by molar-refractivity contribution is 6.83. The van der Waals surface area contributed by atoms with Gasteiger partial charge in [0.25, 0.3) is 0 Å². The molecular weight excluding hydrogens is 478 g/mol. The fraction of sp³-hybridized carbons (Fsp3) is 0.692. The highest BCUT2D eigenvalue weighted by Gasteiger charge is 2.61. The molecule has 2 aliphatic rings. The van der Waals surface area contributed by atoms with Crippen molar-refractivity contribution in [3.05, 3.63) is 36.5 Å². The summed E-state index contributed by atoms with van der Waals surface area (Å²) < 4.78 is 29.4. The smallest absolute Gasteiger partial charge is 0.335 e. The summed E-state index contributed by atoms with van der Waals surface area (Å²) in [6.45, 7) is 17.6. The summed E-state index contributed by atoms with van der Waals surface area (Å²) in [5.41, 5.74) is 1.64. The number of fused-ring (bicyclic) bond motifs is 2. The molecule has 0 radical (unpaired) electrons. The molecule has 2 saturated heterocycles. The molecule has 0 amide bonds. The number of aliphatic hydroxyl groups excluding tert-OH is 2. The van der Waals surface area contributed by atoms with Gasteiger partial charge in [-0.15, -0.1) is 0 Å². The Bertz CT molecular complexity index is 993. The van der Waals surface area contributed by atoms with E-state index in [2.05, 4.69) is 55.4 Å². The number of nitrogens with zero attached hydrogens (tertiary/aromatic N) is 1. The summed E-state index contributed by atoms with van der Waals surface area (Å²) >= 11 is 0. The first-order valence-corrected chi connectivity index (χ1v) is 17.0. The molecule has 2 fully saturated rings. The maximum Gasteiger partial charge on any atom is 0.335 e. The minimum atomic E-state index is -2.91. The normalized spacial score (nSPS) is 31.2. The van der Waals surface area contributed by atoms with Crippen LogP contribution in [-0.4, -0.2) is 62.9 Å². The van der Waals surface area contributed by atoms with Crippen molar-refractivity contribution >= 4 is 28.0 Å². The van der Waals surface area contributed by atoms with E-state index < -0.39 is 47.8 Å². The predicted molar refractivity (Wildman–Crippen MR) is 142 cm³/mol. The van der Waals surface area contributed by atoms with E-state index in [1.165, 1.54) is 0 Å². The Morgan fingerprint density at radius 2 is 1.43 bits per heavy atom. The molecule has 2 N–H and O–H groups in total. The lowest BCUT2D eigenvalue weighted by atomic mass is 9.98. The number of ether oxygens (including phenoxy) is 1. The Balaban J connectivity index is 1.77. The zero-order valence-electron chi connectivity index (χ0n) is 22.3. The van der Waals surface area contributed by atoms with Crippen molar-refractivity contribution in [2.75, 3.05) is 6.61 Å². The van der Waals surface area contributed by atoms with Crippen molar-refractivity contribution in [2.24, 2.45) is 0 Å². The van der Waals surface area contributed by atoms with Crippen LogP contribution in [0.5, 0.6) is 0 Å². The molecule has 0 aliphatic carbocycles. The fourth-order valence-electron chi connectivity index (χ4n) is 5.89. The van der Waals surface area contributed by atoms with Gasteiger partial charge in [0.05, 0.1) is 12.1 Å². The summed E-state index contributed by atoms with van der Waals surface area (Å²) in [6, 6.07) is 9.96. The van der Waals surface area contributed by atoms with Crippen LogP contribution in [0.25, 0.3) is 10.9 Å². The molecular formula is C26H43NO6Si2. The molecule has 4 rings (SSSR count). The maximum atomic E-state index is 11.4. The van der Waals surface area contributed by atoms with Crippen LogP contribution < -0.4 is 0 Å². The standard InChI is InChI=1S/C26H43NO6Si2/c1-16(2)34(17(3)4)30-15-22-25(32-35(33-34,18(5)6)19(7)8)23(28)24(29)26(31-22)27-14-13-20-11-9-10-12-21(20)27/h9-14,16-19,22-26,28-29H,15H2,1-8H3/t22-,23-,24-,25-,26-/m1/s1. The summed E-state index contributed by atoms with van der Waals surface area (Å²) in [5.74, 6) is 0. The molecule has 35 heavy (non-hydrogen) atoms. The molecule has 0 unspecified atom stereocenters. The van der Waals surface area contributed by atoms with Crippen molar-refractivity contribution in [1.29, 1.82) is 0 Å². The second-order valence-corrected chi connectivity index (χ2v) is 20.2. The van der Waals surface area contributed by atoms with Crippen LogP contribution in [0.2, 0.25) is 22.2 Å². The minimum absolute atomic E-state index is 0.129. The third kappa shape index (κ3) is 4.48. The monoisotopic (exact) mass is 521 g/mol. The van der Waals surface area contributed by atoms with E-state index >= 15 is 0 Å². The van der Waals surface area contributed by atoms with Crippen LogP contribution in [0.4, 0.5) is 0 Å². The molecule has 1 aromatic heterocycles. The van der Waals surface area contributed by atoms with Crippen LogP contribution in [0.15, 0.2) is 36.5 Å². The van der Waals surface area contributed by atoms with Gasteiger partial charge in [-0.25, -0.2) is 0 Å². The average Bonchev–Trinajstić information content (AvgIpc) is 3.21. The van der Waals surface area contributed by atoms with Gasteiger partial charge in [-0.1, -0.05) is 73.6 Å². The second kappa shape index (κ2) is 10.0. The zero-order chi connectivity index (χ0) is 25.7. The molecule has 5 atom stereocenters. The van der Waals surface area contributed by atoms with Crippen molar-refractivity contribution in [3.8, 4) is 0 Å². The highest BCUT2D eigenvalue weighted by atomic mass is 28.5. The number of aromatic nitrogens is 1. The van der Waals surface area contributed by atoms with Gasteiger partial charge >= 0.3 is 17.1 Å². The Morgan fingerprint density at radius 3 is 2.03 bits per heavy atom. The molecule has 9 heteroatoms. The molecule has 7 nitrogen and oxygen atoms in total. The van der Waals surface area contributed by atoms with Gasteiger partial charge in [-0.2, -0.15) is 0 Å². The molecule has 0 saturated carbocycles. The summed E-state index contributed by atoms with van der Waals surface area (Å²) in [4.78, 5) is 0. The quantitative estimate of drug-likeness (QED) is 0.525. The SMILES string of the molecule is CC(C)[Si]1(C(C)C)OC[C@H]2O[C@@H](n3ccc4ccccc43)[C@H](O)[C@@H](O)[C@@H]2O[Si](C(C)C)(C(C)C)O1. The van der Waals surface area contributed by atoms with Gasteiger partial charge in [0.15, 0.2) is 6.23 Å². The van der Waals surface area contributed by atoms with E-state index in [0.717, 1.165) is 10.9 Å². The summed E-state index contributed by atoms with van der Waals surface area (Å²) in [5, 5.41) is 23.7. The number of hydrogen-bond acceptors (Lipinski definition) is 6. The number of hydrogen-bond donors (Lipinski definition) is 2. The van der Waals surface area contributed by atoms with E-state index in [9.17, 15) is 10.2 Å². The van der Waals surface area contributed by atoms with Crippen molar-refractivity contribution in [1.82, 2.24) is 4.57 Å². The largest absolute Gasteiger partial charge is 0.414 e. The minimum Gasteiger partial charge on any atom is -0.414 e. The average molecular weight is 522 g/mol. The molecule has 0 spiro atoms. The predicted octanol–water partition coefficient (Wildman–Crippen LogP) is 5.22. The number of benzene rings is 1. The third-order valence-electron chi connectivity index (χ3n) is 7.89. The maximum absolute atomic E-state index is 11.4. The number of para-hydroxylation sites is 1. The Kier molecular flexibility index (Phi) is 7.73. The Hall–Kier alpha value is -1.05. The lowest BCUT2D eigenvalue weighted by molar-refractivity contribution is -0.251. The van der Waals surface area contributed by atoms with Gasteiger partial charge in [0.1, 0.15) is 24.4 Å². The molecule has 2 aromatic rings. The lowest BCUT2D eigenvalue weighted by Crippen LogP contribution is -2.69. The highest BCUT2D eigenvalue weighted by Crippen LogP contribution is 2.47.